The zero-order valence-corrected chi connectivity index (χ0v) is 11.9. The van der Waals surface area contributed by atoms with Crippen LogP contribution in [0.5, 0.6) is 0 Å². The Morgan fingerprint density at radius 2 is 1.65 bits per heavy atom. The second-order valence-corrected chi connectivity index (χ2v) is 5.25. The molecule has 0 heterocycles. The molecule has 0 saturated carbocycles. The lowest BCUT2D eigenvalue weighted by Gasteiger charge is -2.10. The summed E-state index contributed by atoms with van der Waals surface area (Å²) < 4.78 is 0. The molecule has 20 heavy (non-hydrogen) atoms. The Balaban J connectivity index is 2.15. The number of carbonyl (C=O) groups is 1. The van der Waals surface area contributed by atoms with Gasteiger partial charge in [0.15, 0.2) is 0 Å². The van der Waals surface area contributed by atoms with Crippen LogP contribution in [-0.4, -0.2) is 5.78 Å². The van der Waals surface area contributed by atoms with Gasteiger partial charge in [-0.15, -0.1) is 0 Å². The molecule has 4 N–H and O–H groups in total. The van der Waals surface area contributed by atoms with E-state index in [0.29, 0.717) is 24.2 Å². The molecular weight excluding hydrogens is 248 g/mol. The first-order valence-electron chi connectivity index (χ1n) is 6.68. The van der Waals surface area contributed by atoms with Gasteiger partial charge in [-0.2, -0.15) is 0 Å². The van der Waals surface area contributed by atoms with E-state index >= 15 is 0 Å². The van der Waals surface area contributed by atoms with Crippen molar-refractivity contribution in [2.24, 2.45) is 0 Å². The topological polar surface area (TPSA) is 69.1 Å². The Bertz CT molecular complexity index is 647. The first-order valence-corrected chi connectivity index (χ1v) is 6.68. The van der Waals surface area contributed by atoms with Gasteiger partial charge in [0, 0.05) is 24.2 Å². The summed E-state index contributed by atoms with van der Waals surface area (Å²) in [7, 11) is 0. The van der Waals surface area contributed by atoms with Crippen molar-refractivity contribution in [2.75, 3.05) is 11.5 Å². The van der Waals surface area contributed by atoms with E-state index in [1.54, 1.807) is 0 Å². The molecular formula is C17H20N2O. The Morgan fingerprint density at radius 3 is 2.35 bits per heavy atom. The van der Waals surface area contributed by atoms with E-state index in [-0.39, 0.29) is 5.78 Å². The fourth-order valence-corrected chi connectivity index (χ4v) is 2.40. The molecule has 0 atom stereocenters. The van der Waals surface area contributed by atoms with Gasteiger partial charge in [0.2, 0.25) is 0 Å². The zero-order valence-electron chi connectivity index (χ0n) is 11.9. The van der Waals surface area contributed by atoms with Gasteiger partial charge in [-0.05, 0) is 36.6 Å². The van der Waals surface area contributed by atoms with Crippen LogP contribution in [0.4, 0.5) is 11.4 Å². The van der Waals surface area contributed by atoms with Crippen LogP contribution < -0.4 is 11.5 Å². The number of ketones is 1. The highest BCUT2D eigenvalue weighted by Crippen LogP contribution is 2.21. The molecule has 104 valence electrons. The average molecular weight is 268 g/mol. The van der Waals surface area contributed by atoms with Crippen molar-refractivity contribution < 1.29 is 4.79 Å². The highest BCUT2D eigenvalue weighted by atomic mass is 16.1. The fraction of sp³-hybridized carbons (Fsp3) is 0.235. The monoisotopic (exact) mass is 268 g/mol. The third-order valence-electron chi connectivity index (χ3n) is 3.45. The lowest BCUT2D eigenvalue weighted by molar-refractivity contribution is -0.117. The lowest BCUT2D eigenvalue weighted by Crippen LogP contribution is -2.10. The van der Waals surface area contributed by atoms with Crippen LogP contribution in [0, 0.1) is 13.8 Å². The smallest absolute Gasteiger partial charge is 0.141 e. The molecule has 2 rings (SSSR count). The SMILES string of the molecule is Cc1cc(C)c(N)c(CC(=O)Cc2ccccc2N)c1. The van der Waals surface area contributed by atoms with Gasteiger partial charge in [-0.3, -0.25) is 4.79 Å². The molecule has 2 aromatic carbocycles. The summed E-state index contributed by atoms with van der Waals surface area (Å²) in [6.07, 6.45) is 0.696. The maximum Gasteiger partial charge on any atom is 0.141 e. The molecule has 0 unspecified atom stereocenters. The highest BCUT2D eigenvalue weighted by molar-refractivity contribution is 5.85. The third-order valence-corrected chi connectivity index (χ3v) is 3.45. The van der Waals surface area contributed by atoms with E-state index in [1.807, 2.05) is 50.2 Å². The minimum atomic E-state index is 0.125. The quantitative estimate of drug-likeness (QED) is 0.838. The summed E-state index contributed by atoms with van der Waals surface area (Å²) in [5.74, 6) is 0.125. The molecule has 0 aromatic heterocycles. The minimum absolute atomic E-state index is 0.125. The maximum atomic E-state index is 12.2. The first kappa shape index (κ1) is 14.1. The van der Waals surface area contributed by atoms with Crippen LogP contribution in [0.3, 0.4) is 0 Å². The van der Waals surface area contributed by atoms with E-state index in [1.165, 1.54) is 0 Å². The number of Topliss-reactive ketones (excluding diaryl/α,β-unsaturated/α-hetero) is 1. The van der Waals surface area contributed by atoms with Crippen LogP contribution >= 0.6 is 0 Å². The van der Waals surface area contributed by atoms with Gasteiger partial charge < -0.3 is 11.5 Å². The van der Waals surface area contributed by atoms with Gasteiger partial charge >= 0.3 is 0 Å². The van der Waals surface area contributed by atoms with Crippen molar-refractivity contribution >= 4 is 17.2 Å². The number of rotatable bonds is 4. The van der Waals surface area contributed by atoms with E-state index in [0.717, 1.165) is 22.3 Å². The number of hydrogen-bond donors (Lipinski definition) is 2. The summed E-state index contributed by atoms with van der Waals surface area (Å²) in [5.41, 5.74) is 17.2. The Morgan fingerprint density at radius 1 is 1.00 bits per heavy atom. The molecule has 0 aliphatic carbocycles. The average Bonchev–Trinajstić information content (AvgIpc) is 2.38. The number of aryl methyl sites for hydroxylation is 2. The predicted octanol–water partition coefficient (Wildman–Crippen LogP) is 2.82. The molecule has 0 aliphatic rings. The number of para-hydroxylation sites is 1. The van der Waals surface area contributed by atoms with Crippen molar-refractivity contribution in [3.05, 3.63) is 58.7 Å². The molecule has 0 radical (unpaired) electrons. The van der Waals surface area contributed by atoms with E-state index in [4.69, 9.17) is 11.5 Å². The molecule has 0 aliphatic heterocycles. The van der Waals surface area contributed by atoms with Crippen molar-refractivity contribution in [1.82, 2.24) is 0 Å². The molecule has 0 spiro atoms. The molecule has 3 heteroatoms. The van der Waals surface area contributed by atoms with Crippen LogP contribution in [0.2, 0.25) is 0 Å². The number of nitrogen functional groups attached to an aromatic ring is 2. The predicted molar refractivity (Wildman–Crippen MR) is 83.6 cm³/mol. The number of carbonyl (C=O) groups excluding carboxylic acids is 1. The molecule has 2 aromatic rings. The van der Waals surface area contributed by atoms with Gasteiger partial charge in [0.1, 0.15) is 5.78 Å². The van der Waals surface area contributed by atoms with Gasteiger partial charge in [-0.25, -0.2) is 0 Å². The highest BCUT2D eigenvalue weighted by Gasteiger charge is 2.11. The lowest BCUT2D eigenvalue weighted by atomic mass is 9.97. The van der Waals surface area contributed by atoms with Crippen LogP contribution in [0.25, 0.3) is 0 Å². The summed E-state index contributed by atoms with van der Waals surface area (Å²) >= 11 is 0. The van der Waals surface area contributed by atoms with Gasteiger partial charge in [0.05, 0.1) is 0 Å². The molecule has 0 amide bonds. The van der Waals surface area contributed by atoms with Crippen molar-refractivity contribution in [1.29, 1.82) is 0 Å². The second-order valence-electron chi connectivity index (χ2n) is 5.25. The Hall–Kier alpha value is -2.29. The Kier molecular flexibility index (Phi) is 4.08. The number of nitrogens with two attached hydrogens (primary N) is 2. The second kappa shape index (κ2) is 5.78. The Labute approximate surface area is 119 Å². The third kappa shape index (κ3) is 3.18. The van der Waals surface area contributed by atoms with Crippen molar-refractivity contribution in [3.63, 3.8) is 0 Å². The molecule has 3 nitrogen and oxygen atoms in total. The van der Waals surface area contributed by atoms with Crippen molar-refractivity contribution in [2.45, 2.75) is 26.7 Å². The summed E-state index contributed by atoms with van der Waals surface area (Å²) in [4.78, 5) is 12.2. The van der Waals surface area contributed by atoms with E-state index < -0.39 is 0 Å². The fourth-order valence-electron chi connectivity index (χ4n) is 2.40. The van der Waals surface area contributed by atoms with E-state index in [9.17, 15) is 4.79 Å². The van der Waals surface area contributed by atoms with Crippen molar-refractivity contribution in [3.8, 4) is 0 Å². The first-order chi connectivity index (χ1) is 9.47. The largest absolute Gasteiger partial charge is 0.398 e. The molecule has 0 saturated heterocycles. The number of hydrogen-bond acceptors (Lipinski definition) is 3. The molecule has 0 fully saturated rings. The normalized spacial score (nSPS) is 10.5. The van der Waals surface area contributed by atoms with Crippen LogP contribution in [0.15, 0.2) is 36.4 Å². The maximum absolute atomic E-state index is 12.2. The van der Waals surface area contributed by atoms with Crippen LogP contribution in [-0.2, 0) is 17.6 Å². The van der Waals surface area contributed by atoms with E-state index in [2.05, 4.69) is 0 Å². The number of benzene rings is 2. The minimum Gasteiger partial charge on any atom is -0.398 e. The van der Waals surface area contributed by atoms with Gasteiger partial charge in [0.25, 0.3) is 0 Å². The van der Waals surface area contributed by atoms with Gasteiger partial charge in [-0.1, -0.05) is 35.9 Å². The summed E-state index contributed by atoms with van der Waals surface area (Å²) in [6.45, 7) is 3.97. The number of anilines is 2. The zero-order chi connectivity index (χ0) is 14.7. The van der Waals surface area contributed by atoms with Crippen LogP contribution in [0.1, 0.15) is 22.3 Å². The summed E-state index contributed by atoms with van der Waals surface area (Å²) in [6, 6.07) is 11.5. The summed E-state index contributed by atoms with van der Waals surface area (Å²) in [5, 5.41) is 0. The standard InChI is InChI=1S/C17H20N2O/c1-11-7-12(2)17(19)14(8-11)10-15(20)9-13-5-3-4-6-16(13)18/h3-8H,9-10,18-19H2,1-2H3. The molecule has 0 bridgehead atoms.